The van der Waals surface area contributed by atoms with Crippen LogP contribution in [0.15, 0.2) is 0 Å². The van der Waals surface area contributed by atoms with Crippen molar-refractivity contribution in [2.24, 2.45) is 0 Å². The van der Waals surface area contributed by atoms with E-state index in [1.807, 2.05) is 6.92 Å². The molecule has 0 aromatic carbocycles. The number of carbonyl (C=O) groups excluding carboxylic acids is 1. The maximum Gasteiger partial charge on any atom is 0.229 e. The van der Waals surface area contributed by atoms with Gasteiger partial charge in [0.05, 0.1) is 16.1 Å². The van der Waals surface area contributed by atoms with Gasteiger partial charge in [0.1, 0.15) is 0 Å². The molecule has 0 bridgehead atoms. The van der Waals surface area contributed by atoms with E-state index in [-0.39, 0.29) is 5.91 Å². The molecule has 0 fully saturated rings. The van der Waals surface area contributed by atoms with Crippen molar-refractivity contribution in [2.75, 3.05) is 6.54 Å². The number of carbonyl (C=O) groups is 1. The van der Waals surface area contributed by atoms with E-state index in [2.05, 4.69) is 16.1 Å². The summed E-state index contributed by atoms with van der Waals surface area (Å²) in [4.78, 5) is 10.4. The molecule has 0 aliphatic rings. The Balaban J connectivity index is 3.32. The van der Waals surface area contributed by atoms with Gasteiger partial charge in [0.25, 0.3) is 0 Å². The van der Waals surface area contributed by atoms with Crippen LogP contribution in [0, 0.1) is 0 Å². The van der Waals surface area contributed by atoms with E-state index in [1.54, 1.807) is 0 Å². The van der Waals surface area contributed by atoms with Crippen LogP contribution in [0.2, 0.25) is 0 Å². The van der Waals surface area contributed by atoms with Gasteiger partial charge < -0.3 is 0 Å². The lowest BCUT2D eigenvalue weighted by atomic mass is 10.5. The van der Waals surface area contributed by atoms with Crippen LogP contribution in [-0.4, -0.2) is 16.4 Å². The van der Waals surface area contributed by atoms with E-state index in [0.29, 0.717) is 0 Å². The average molecular weight is 180 g/mol. The van der Waals surface area contributed by atoms with Crippen LogP contribution in [0.4, 0.5) is 0 Å². The molecule has 0 unspecified atom stereocenters. The van der Waals surface area contributed by atoms with Crippen molar-refractivity contribution in [1.82, 2.24) is 3.93 Å². The summed E-state index contributed by atoms with van der Waals surface area (Å²) in [6.07, 6.45) is 0.991. The molecule has 0 saturated carbocycles. The second-order valence-corrected chi connectivity index (χ2v) is 2.46. The van der Waals surface area contributed by atoms with Gasteiger partial charge in [-0.1, -0.05) is 6.92 Å². The topological polar surface area (TPSA) is 20.3 Å². The zero-order chi connectivity index (χ0) is 6.57. The Labute approximate surface area is 58.2 Å². The summed E-state index contributed by atoms with van der Waals surface area (Å²) in [5.41, 5.74) is 0. The smallest absolute Gasteiger partial charge is 0.229 e. The fourth-order valence-corrected chi connectivity index (χ4v) is 0.708. The highest BCUT2D eigenvalue weighted by molar-refractivity contribution is 9.07. The summed E-state index contributed by atoms with van der Waals surface area (Å²) in [5.74, 6) is 0.0619. The van der Waals surface area contributed by atoms with Crippen molar-refractivity contribution in [1.29, 1.82) is 0 Å². The molecule has 0 aliphatic heterocycles. The zero-order valence-corrected chi connectivity index (χ0v) is 6.73. The van der Waals surface area contributed by atoms with Crippen LogP contribution in [-0.2, 0) is 4.79 Å². The van der Waals surface area contributed by atoms with Gasteiger partial charge in [0.2, 0.25) is 5.91 Å². The third-order valence-corrected chi connectivity index (χ3v) is 1.62. The van der Waals surface area contributed by atoms with E-state index in [1.165, 1.54) is 10.8 Å². The molecule has 48 valence electrons. The van der Waals surface area contributed by atoms with Crippen molar-refractivity contribution in [3.63, 3.8) is 0 Å². The molecule has 0 saturated heterocycles. The highest BCUT2D eigenvalue weighted by Crippen LogP contribution is 1.97. The van der Waals surface area contributed by atoms with Crippen LogP contribution in [0.3, 0.4) is 0 Å². The third-order valence-electron chi connectivity index (χ3n) is 0.762. The van der Waals surface area contributed by atoms with Gasteiger partial charge in [0, 0.05) is 13.5 Å². The lowest BCUT2D eigenvalue weighted by Crippen LogP contribution is -2.17. The number of amides is 1. The van der Waals surface area contributed by atoms with E-state index >= 15 is 0 Å². The Morgan fingerprint density at radius 3 is 2.38 bits per heavy atom. The highest BCUT2D eigenvalue weighted by Gasteiger charge is 1.99. The molecule has 0 atom stereocenters. The molecule has 0 heterocycles. The third kappa shape index (κ3) is 3.02. The predicted molar refractivity (Wildman–Crippen MR) is 36.6 cm³/mol. The standard InChI is InChI=1S/C5H10BrNO/c1-3-4-7(6)5(2)8/h3-4H2,1-2H3. The summed E-state index contributed by atoms with van der Waals surface area (Å²) >= 11 is 3.09. The van der Waals surface area contributed by atoms with Crippen molar-refractivity contribution in [3.8, 4) is 0 Å². The van der Waals surface area contributed by atoms with Crippen molar-refractivity contribution in [3.05, 3.63) is 0 Å². The Hall–Kier alpha value is -0.0500. The minimum absolute atomic E-state index is 0.0619. The minimum atomic E-state index is 0.0619. The molecule has 2 nitrogen and oxygen atoms in total. The quantitative estimate of drug-likeness (QED) is 0.590. The number of halogens is 1. The van der Waals surface area contributed by atoms with Gasteiger partial charge in [-0.05, 0) is 6.42 Å². The molecule has 3 heteroatoms. The van der Waals surface area contributed by atoms with Gasteiger partial charge in [-0.15, -0.1) is 0 Å². The van der Waals surface area contributed by atoms with Gasteiger partial charge in [-0.3, -0.25) is 8.72 Å². The monoisotopic (exact) mass is 179 g/mol. The van der Waals surface area contributed by atoms with Crippen molar-refractivity contribution < 1.29 is 4.79 Å². The Kier molecular flexibility index (Phi) is 3.87. The molecule has 8 heavy (non-hydrogen) atoms. The van der Waals surface area contributed by atoms with Gasteiger partial charge in [-0.25, -0.2) is 0 Å². The fraction of sp³-hybridized carbons (Fsp3) is 0.800. The molecular weight excluding hydrogens is 170 g/mol. The molecule has 0 aromatic rings. The molecule has 0 spiro atoms. The van der Waals surface area contributed by atoms with E-state index in [4.69, 9.17) is 0 Å². The van der Waals surface area contributed by atoms with Gasteiger partial charge in [0.15, 0.2) is 0 Å². The van der Waals surface area contributed by atoms with Crippen LogP contribution in [0.1, 0.15) is 20.3 Å². The zero-order valence-electron chi connectivity index (χ0n) is 5.15. The van der Waals surface area contributed by atoms with E-state index in [9.17, 15) is 4.79 Å². The predicted octanol–water partition coefficient (Wildman–Crippen LogP) is 1.55. The molecule has 0 N–H and O–H groups in total. The Morgan fingerprint density at radius 1 is 1.75 bits per heavy atom. The van der Waals surface area contributed by atoms with Crippen LogP contribution >= 0.6 is 16.1 Å². The molecule has 0 aromatic heterocycles. The molecule has 1 amide bonds. The number of hydrogen-bond donors (Lipinski definition) is 0. The summed E-state index contributed by atoms with van der Waals surface area (Å²) in [5, 5.41) is 0. The van der Waals surface area contributed by atoms with Crippen LogP contribution in [0.5, 0.6) is 0 Å². The SMILES string of the molecule is CCCN(Br)C(C)=O. The van der Waals surface area contributed by atoms with Crippen molar-refractivity contribution >= 4 is 22.1 Å². The highest BCUT2D eigenvalue weighted by atomic mass is 79.9. The lowest BCUT2D eigenvalue weighted by Gasteiger charge is -2.08. The Morgan fingerprint density at radius 2 is 2.25 bits per heavy atom. The van der Waals surface area contributed by atoms with Crippen molar-refractivity contribution in [2.45, 2.75) is 20.3 Å². The number of hydrogen-bond acceptors (Lipinski definition) is 1. The van der Waals surface area contributed by atoms with E-state index < -0.39 is 0 Å². The van der Waals surface area contributed by atoms with Crippen LogP contribution < -0.4 is 0 Å². The van der Waals surface area contributed by atoms with E-state index in [0.717, 1.165) is 13.0 Å². The van der Waals surface area contributed by atoms with Crippen LogP contribution in [0.25, 0.3) is 0 Å². The molecule has 0 aliphatic carbocycles. The first-order valence-corrected chi connectivity index (χ1v) is 3.33. The second kappa shape index (κ2) is 3.89. The number of rotatable bonds is 2. The summed E-state index contributed by atoms with van der Waals surface area (Å²) in [7, 11) is 0. The Bertz CT molecular complexity index is 84.5. The fourth-order valence-electron chi connectivity index (χ4n) is 0.354. The molecular formula is C5H10BrNO. The maximum absolute atomic E-state index is 10.4. The summed E-state index contributed by atoms with van der Waals surface area (Å²) < 4.78 is 1.52. The number of nitrogens with zero attached hydrogens (tertiary/aromatic N) is 1. The first-order chi connectivity index (χ1) is 3.68. The molecule has 0 radical (unpaired) electrons. The normalized spacial score (nSPS) is 8.88. The lowest BCUT2D eigenvalue weighted by molar-refractivity contribution is -0.123. The maximum atomic E-state index is 10.4. The second-order valence-electron chi connectivity index (χ2n) is 1.60. The first-order valence-electron chi connectivity index (χ1n) is 2.62. The van der Waals surface area contributed by atoms with Gasteiger partial charge in [-0.2, -0.15) is 0 Å². The summed E-state index contributed by atoms with van der Waals surface area (Å²) in [6, 6.07) is 0. The van der Waals surface area contributed by atoms with Gasteiger partial charge >= 0.3 is 0 Å². The summed E-state index contributed by atoms with van der Waals surface area (Å²) in [6.45, 7) is 4.34. The molecule has 0 rings (SSSR count). The average Bonchev–Trinajstić information content (AvgIpc) is 1.67. The largest absolute Gasteiger partial charge is 0.279 e. The minimum Gasteiger partial charge on any atom is -0.279 e. The first kappa shape index (κ1) is 7.95.